The number of benzene rings is 4. The molecule has 8 rings (SSSR count). The number of esters is 1. The third kappa shape index (κ3) is 32.2. The van der Waals surface area contributed by atoms with Crippen LogP contribution in [0.15, 0.2) is 97.1 Å². The minimum Gasteiger partial charge on any atom is -0.464 e. The highest BCUT2D eigenvalue weighted by atomic mass is 16.5. The van der Waals surface area contributed by atoms with Gasteiger partial charge in [-0.3, -0.25) is 33.6 Å². The van der Waals surface area contributed by atoms with E-state index in [1.54, 1.807) is 28.5 Å². The van der Waals surface area contributed by atoms with E-state index in [1.807, 2.05) is 144 Å². The lowest BCUT2D eigenvalue weighted by Crippen LogP contribution is -2.50. The number of nitrogens with zero attached hydrogens (tertiary/aromatic N) is 8. The Labute approximate surface area is 700 Å². The number of para-hydroxylation sites is 2. The summed E-state index contributed by atoms with van der Waals surface area (Å²) in [6.45, 7) is 31.4. The second kappa shape index (κ2) is 48.8. The number of nitrogens with one attached hydrogen (secondary N) is 4. The largest absolute Gasteiger partial charge is 0.464 e. The molecule has 4 aromatic carbocycles. The molecule has 2 aromatic heterocycles. The summed E-state index contributed by atoms with van der Waals surface area (Å²) in [6, 6.07) is 31.1. The van der Waals surface area contributed by atoms with Crippen LogP contribution in [0.4, 0.5) is 16.2 Å². The number of amides is 5. The molecule has 4 heterocycles. The van der Waals surface area contributed by atoms with Gasteiger partial charge in [0.2, 0.25) is 23.6 Å². The van der Waals surface area contributed by atoms with Crippen molar-refractivity contribution in [1.29, 1.82) is 0 Å². The molecule has 26 nitrogen and oxygen atoms in total. The molecule has 6 aromatic rings. The zero-order valence-electron chi connectivity index (χ0n) is 73.1. The van der Waals surface area contributed by atoms with Crippen LogP contribution >= 0.6 is 0 Å². The van der Waals surface area contributed by atoms with Crippen molar-refractivity contribution in [2.24, 2.45) is 22.2 Å². The van der Waals surface area contributed by atoms with Gasteiger partial charge in [0.25, 0.3) is 0 Å². The number of ketones is 2. The van der Waals surface area contributed by atoms with Crippen LogP contribution in [-0.4, -0.2) is 176 Å². The average Bonchev–Trinajstić information content (AvgIpc) is 1.54. The van der Waals surface area contributed by atoms with Crippen molar-refractivity contribution in [2.45, 2.75) is 256 Å². The summed E-state index contributed by atoms with van der Waals surface area (Å²) in [7, 11) is 3.34. The van der Waals surface area contributed by atoms with E-state index in [2.05, 4.69) is 83.4 Å². The summed E-state index contributed by atoms with van der Waals surface area (Å²) in [6.07, 6.45) is 13.0. The van der Waals surface area contributed by atoms with E-state index in [4.69, 9.17) is 28.4 Å². The number of rotatable bonds is 47. The molecule has 2 unspecified atom stereocenters. The van der Waals surface area contributed by atoms with Gasteiger partial charge in [-0.2, -0.15) is 0 Å². The van der Waals surface area contributed by atoms with Crippen LogP contribution in [0.3, 0.4) is 0 Å². The standard InChI is InChI=1S/C47H69N5O7.C45H67N7O7/c1-46(2,3)33-35(45(56)47(4,5)6)19-9-8-10-26-42(55)59-32-28-52-44-38-22-13-14-23-39(38)51(34-36-20-11-12-21-37(36)43(44)49-50-52)41(54)25-16-15-24-40(53)48-27-17-30-58-31-18-29-57-7;1-44(2,3)42(55)36(48-45(4,5)6)21-14-15-25-47-43(56)59-31-27-52-41-34-19-9-8-18-33(34)32-51(37-22-11-10-20-35(37)40(41)49-50-52)39(54)24-13-12-23-38(53)46-26-16-29-58-30-17-28-57-7/h11-14,20-23,35H,8-10,15-19,24-34H2,1-7H3,(H,48,53);8-11,18-20,22,36,48H,12-17,21,23-32H2,1-7H3,(H,46,53)(H,47,56). The normalized spacial score (nSPS) is 13.1. The smallest absolute Gasteiger partial charge is 0.407 e. The Morgan fingerprint density at radius 3 is 1.40 bits per heavy atom. The van der Waals surface area contributed by atoms with Gasteiger partial charge in [-0.25, -0.2) is 14.2 Å². The SMILES string of the molecule is COCCCOCCCNC(=O)CCCCC(=O)N1Cc2ccccc2-c2c(nnn2CCOC(=O)NCCCCC(NC(C)(C)C)C(=O)C(C)(C)C)-c2ccccc21.COCCCOCCCNC(=O)CCCCC(=O)N1Cc2ccccc2-c2nnn(CCOC(=O)CCCCCC(CC(C)(C)C)C(=O)C(C)(C)C)c2-c2ccccc21. The van der Waals surface area contributed by atoms with Crippen molar-refractivity contribution in [3.05, 3.63) is 108 Å². The summed E-state index contributed by atoms with van der Waals surface area (Å²) in [5, 5.41) is 30.4. The summed E-state index contributed by atoms with van der Waals surface area (Å²) >= 11 is 0. The van der Waals surface area contributed by atoms with Crippen LogP contribution in [-0.2, 0) is 88.2 Å². The van der Waals surface area contributed by atoms with Crippen molar-refractivity contribution in [1.82, 2.24) is 51.3 Å². The van der Waals surface area contributed by atoms with E-state index in [0.717, 1.165) is 114 Å². The summed E-state index contributed by atoms with van der Waals surface area (Å²) < 4.78 is 35.9. The molecule has 26 heteroatoms. The number of Topliss-reactive ketones (excluding diaryl/α,β-unsaturated/α-hetero) is 2. The Hall–Kier alpha value is -9.08. The summed E-state index contributed by atoms with van der Waals surface area (Å²) in [5.41, 5.74) is 8.72. The fraction of sp³-hybridized carbons (Fsp3) is 0.609. The number of ether oxygens (including phenoxy) is 6. The highest BCUT2D eigenvalue weighted by molar-refractivity contribution is 6.01. The van der Waals surface area contributed by atoms with E-state index >= 15 is 0 Å². The highest BCUT2D eigenvalue weighted by Crippen LogP contribution is 2.44. The minimum atomic E-state index is -0.515. The van der Waals surface area contributed by atoms with E-state index in [-0.39, 0.29) is 83.5 Å². The number of hydrogen-bond acceptors (Lipinski definition) is 19. The lowest BCUT2D eigenvalue weighted by Gasteiger charge is -2.31. The summed E-state index contributed by atoms with van der Waals surface area (Å²) in [4.78, 5) is 108. The Balaban J connectivity index is 0.000000326. The fourth-order valence-electron chi connectivity index (χ4n) is 14.7. The van der Waals surface area contributed by atoms with E-state index < -0.39 is 11.5 Å². The quantitative estimate of drug-likeness (QED) is 0.0204. The maximum absolute atomic E-state index is 14.0. The van der Waals surface area contributed by atoms with Crippen LogP contribution in [0, 0.1) is 22.2 Å². The number of anilines is 2. The molecule has 2 aliphatic heterocycles. The second-order valence-electron chi connectivity index (χ2n) is 35.1. The number of unbranched alkanes of at least 4 members (excludes halogenated alkanes) is 5. The van der Waals surface area contributed by atoms with Crippen LogP contribution in [0.2, 0.25) is 0 Å². The third-order valence-electron chi connectivity index (χ3n) is 20.5. The molecule has 0 bridgehead atoms. The van der Waals surface area contributed by atoms with Crippen molar-refractivity contribution in [2.75, 3.05) is 96.5 Å². The predicted octanol–water partition coefficient (Wildman–Crippen LogP) is 15.6. The first-order chi connectivity index (χ1) is 56.4. The Kier molecular flexibility index (Phi) is 39.8. The minimum absolute atomic E-state index is 0.0214. The third-order valence-corrected chi connectivity index (χ3v) is 20.5. The monoisotopic (exact) mass is 1630 g/mol. The molecule has 118 heavy (non-hydrogen) atoms. The number of carbonyl (C=O) groups is 8. The Bertz CT molecular complexity index is 4140. The molecule has 0 fully saturated rings. The van der Waals surface area contributed by atoms with Gasteiger partial charge in [0.15, 0.2) is 5.78 Å². The number of fused-ring (bicyclic) bond motifs is 10. The van der Waals surface area contributed by atoms with Gasteiger partial charge >= 0.3 is 12.1 Å². The molecule has 4 N–H and O–H groups in total. The van der Waals surface area contributed by atoms with Gasteiger partial charge in [-0.1, -0.05) is 171 Å². The maximum atomic E-state index is 14.0. The van der Waals surface area contributed by atoms with Gasteiger partial charge in [0.1, 0.15) is 30.4 Å². The van der Waals surface area contributed by atoms with Crippen molar-refractivity contribution in [3.63, 3.8) is 0 Å². The Morgan fingerprint density at radius 2 is 0.864 bits per heavy atom. The molecule has 648 valence electrons. The number of alkyl carbamates (subject to hydrolysis) is 1. The lowest BCUT2D eigenvalue weighted by atomic mass is 9.74. The predicted molar refractivity (Wildman–Crippen MR) is 461 cm³/mol. The fourth-order valence-corrected chi connectivity index (χ4v) is 14.7. The van der Waals surface area contributed by atoms with E-state index in [0.29, 0.717) is 173 Å². The van der Waals surface area contributed by atoms with Gasteiger partial charge in [0, 0.05) is 150 Å². The first kappa shape index (κ1) is 96.1. The zero-order valence-corrected chi connectivity index (χ0v) is 73.1. The molecular weight excluding hydrogens is 1500 g/mol. The van der Waals surface area contributed by atoms with Crippen LogP contribution in [0.1, 0.15) is 229 Å². The first-order valence-corrected chi connectivity index (χ1v) is 42.8. The van der Waals surface area contributed by atoms with Crippen molar-refractivity contribution in [3.8, 4) is 45.0 Å². The van der Waals surface area contributed by atoms with Gasteiger partial charge < -0.3 is 59.5 Å². The highest BCUT2D eigenvalue weighted by Gasteiger charge is 2.36. The molecule has 0 spiro atoms. The topological polar surface area (TPSA) is 308 Å². The summed E-state index contributed by atoms with van der Waals surface area (Å²) in [5.74, 6) is 0.157. The van der Waals surface area contributed by atoms with Crippen LogP contribution in [0.25, 0.3) is 45.0 Å². The molecule has 2 aliphatic rings. The molecule has 0 saturated heterocycles. The average molecular weight is 1630 g/mol. The van der Waals surface area contributed by atoms with E-state index in [9.17, 15) is 38.4 Å². The molecule has 5 amide bonds. The van der Waals surface area contributed by atoms with E-state index in [1.165, 1.54) is 0 Å². The van der Waals surface area contributed by atoms with Crippen LogP contribution in [0.5, 0.6) is 0 Å². The molecular formula is C92H136N12O14. The first-order valence-electron chi connectivity index (χ1n) is 42.8. The molecule has 0 saturated carbocycles. The maximum Gasteiger partial charge on any atom is 0.407 e. The van der Waals surface area contributed by atoms with Gasteiger partial charge in [-0.15, -0.1) is 10.2 Å². The Morgan fingerprint density at radius 1 is 0.424 bits per heavy atom. The van der Waals surface area contributed by atoms with Gasteiger partial charge in [-0.05, 0) is 139 Å². The molecule has 2 atom stereocenters. The lowest BCUT2D eigenvalue weighted by molar-refractivity contribution is -0.144. The zero-order chi connectivity index (χ0) is 85.7. The van der Waals surface area contributed by atoms with Gasteiger partial charge in [0.05, 0.1) is 55.0 Å². The number of methoxy groups -OCH3 is 2. The van der Waals surface area contributed by atoms with Crippen molar-refractivity contribution < 1.29 is 66.8 Å². The number of carbonyl (C=O) groups excluding carboxylic acids is 8. The van der Waals surface area contributed by atoms with Crippen molar-refractivity contribution >= 4 is 58.6 Å². The molecule has 0 aliphatic carbocycles. The molecule has 0 radical (unpaired) electrons. The van der Waals surface area contributed by atoms with Crippen LogP contribution < -0.4 is 31.1 Å². The number of aromatic nitrogens is 6. The number of hydrogen-bond donors (Lipinski definition) is 4. The second-order valence-corrected chi connectivity index (χ2v) is 35.1.